The van der Waals surface area contributed by atoms with Gasteiger partial charge in [0, 0.05) is 4.90 Å². The molecule has 0 spiro atoms. The van der Waals surface area contributed by atoms with Gasteiger partial charge >= 0.3 is 0 Å². The first kappa shape index (κ1) is 13.2. The van der Waals surface area contributed by atoms with Crippen LogP contribution in [0.1, 0.15) is 0 Å². The van der Waals surface area contributed by atoms with Crippen molar-refractivity contribution < 1.29 is 8.78 Å². The summed E-state index contributed by atoms with van der Waals surface area (Å²) in [6.07, 6.45) is 3.05. The standard InChI is InChI=1S/C11H8BrF2N3S/c12-9-5-16-10(6-15-9)17-7-3-1-2-4-8(7)18-11(13)14/h1-6,11H,(H,16,17). The van der Waals surface area contributed by atoms with Crippen LogP contribution in [0.2, 0.25) is 0 Å². The number of nitrogens with zero attached hydrogens (tertiary/aromatic N) is 2. The third-order valence-electron chi connectivity index (χ3n) is 1.99. The van der Waals surface area contributed by atoms with Crippen LogP contribution in [0.25, 0.3) is 0 Å². The minimum absolute atomic E-state index is 0.470. The Bertz CT molecular complexity index is 522. The molecule has 0 radical (unpaired) electrons. The van der Waals surface area contributed by atoms with Crippen LogP contribution in [0.4, 0.5) is 20.3 Å². The summed E-state index contributed by atoms with van der Waals surface area (Å²) in [5.41, 5.74) is 0.583. The van der Waals surface area contributed by atoms with Gasteiger partial charge in [-0.1, -0.05) is 23.9 Å². The summed E-state index contributed by atoms with van der Waals surface area (Å²) in [6.45, 7) is 0. The number of rotatable bonds is 4. The molecule has 2 rings (SSSR count). The lowest BCUT2D eigenvalue weighted by molar-refractivity contribution is 0.252. The molecule has 1 heterocycles. The molecule has 0 aliphatic carbocycles. The predicted molar refractivity (Wildman–Crippen MR) is 71.3 cm³/mol. The van der Waals surface area contributed by atoms with Crippen LogP contribution in [-0.2, 0) is 0 Å². The van der Waals surface area contributed by atoms with Crippen molar-refractivity contribution in [3.05, 3.63) is 41.3 Å². The van der Waals surface area contributed by atoms with Gasteiger partial charge in [0.2, 0.25) is 0 Å². The van der Waals surface area contributed by atoms with Crippen molar-refractivity contribution in [2.24, 2.45) is 0 Å². The number of alkyl halides is 2. The van der Waals surface area contributed by atoms with E-state index in [1.807, 2.05) is 0 Å². The van der Waals surface area contributed by atoms with Gasteiger partial charge in [0.15, 0.2) is 0 Å². The van der Waals surface area contributed by atoms with Crippen LogP contribution in [0.15, 0.2) is 46.2 Å². The number of benzene rings is 1. The Balaban J connectivity index is 2.20. The zero-order valence-corrected chi connectivity index (χ0v) is 11.4. The van der Waals surface area contributed by atoms with Crippen LogP contribution < -0.4 is 5.32 Å². The molecule has 0 amide bonds. The number of hydrogen-bond acceptors (Lipinski definition) is 4. The van der Waals surface area contributed by atoms with Gasteiger partial charge in [-0.15, -0.1) is 0 Å². The van der Waals surface area contributed by atoms with E-state index in [0.29, 0.717) is 32.8 Å². The molecule has 94 valence electrons. The molecule has 1 aromatic carbocycles. The highest BCUT2D eigenvalue weighted by molar-refractivity contribution is 9.10. The van der Waals surface area contributed by atoms with Gasteiger partial charge in [-0.25, -0.2) is 9.97 Å². The lowest BCUT2D eigenvalue weighted by Crippen LogP contribution is -1.96. The highest BCUT2D eigenvalue weighted by Gasteiger charge is 2.09. The molecule has 7 heteroatoms. The fourth-order valence-corrected chi connectivity index (χ4v) is 2.08. The second-order valence-electron chi connectivity index (χ2n) is 3.22. The largest absolute Gasteiger partial charge is 0.338 e. The maximum Gasteiger partial charge on any atom is 0.288 e. The van der Waals surface area contributed by atoms with Crippen molar-refractivity contribution in [3.63, 3.8) is 0 Å². The third-order valence-corrected chi connectivity index (χ3v) is 3.18. The molecule has 3 nitrogen and oxygen atoms in total. The van der Waals surface area contributed by atoms with E-state index in [-0.39, 0.29) is 0 Å². The van der Waals surface area contributed by atoms with Crippen molar-refractivity contribution in [2.75, 3.05) is 5.32 Å². The molecule has 1 aromatic heterocycles. The molecule has 0 aliphatic heterocycles. The summed E-state index contributed by atoms with van der Waals surface area (Å²) in [7, 11) is 0. The van der Waals surface area contributed by atoms with Gasteiger partial charge in [0.25, 0.3) is 5.76 Å². The maximum absolute atomic E-state index is 12.4. The molecule has 0 atom stereocenters. The highest BCUT2D eigenvalue weighted by atomic mass is 79.9. The average molecular weight is 332 g/mol. The van der Waals surface area contributed by atoms with Gasteiger partial charge < -0.3 is 5.32 Å². The van der Waals surface area contributed by atoms with Crippen molar-refractivity contribution in [2.45, 2.75) is 10.7 Å². The Morgan fingerprint density at radius 2 is 1.94 bits per heavy atom. The second-order valence-corrected chi connectivity index (χ2v) is 5.07. The molecule has 0 aliphatic rings. The van der Waals surface area contributed by atoms with Crippen LogP contribution in [0.5, 0.6) is 0 Å². The number of anilines is 2. The van der Waals surface area contributed by atoms with Crippen molar-refractivity contribution in [3.8, 4) is 0 Å². The zero-order valence-electron chi connectivity index (χ0n) is 8.98. The Morgan fingerprint density at radius 3 is 2.61 bits per heavy atom. The van der Waals surface area contributed by atoms with Gasteiger partial charge in [0.1, 0.15) is 10.4 Å². The Hall–Kier alpha value is -1.21. The summed E-state index contributed by atoms with van der Waals surface area (Å²) in [5, 5.41) is 2.96. The molecular formula is C11H8BrF2N3S. The third kappa shape index (κ3) is 3.64. The minimum atomic E-state index is -2.45. The van der Waals surface area contributed by atoms with E-state index in [9.17, 15) is 8.78 Å². The van der Waals surface area contributed by atoms with Crippen LogP contribution >= 0.6 is 27.7 Å². The first-order chi connectivity index (χ1) is 8.65. The lowest BCUT2D eigenvalue weighted by atomic mass is 10.3. The number of nitrogens with one attached hydrogen (secondary N) is 1. The maximum atomic E-state index is 12.4. The zero-order chi connectivity index (χ0) is 13.0. The van der Waals surface area contributed by atoms with Gasteiger partial charge in [0.05, 0.1) is 18.1 Å². The van der Waals surface area contributed by atoms with E-state index >= 15 is 0 Å². The number of thioether (sulfide) groups is 1. The van der Waals surface area contributed by atoms with Gasteiger partial charge in [-0.2, -0.15) is 8.78 Å². The fraction of sp³-hybridized carbons (Fsp3) is 0.0909. The Morgan fingerprint density at radius 1 is 1.17 bits per heavy atom. The minimum Gasteiger partial charge on any atom is -0.338 e. The van der Waals surface area contributed by atoms with Crippen molar-refractivity contribution >= 4 is 39.2 Å². The SMILES string of the molecule is FC(F)Sc1ccccc1Nc1cnc(Br)cn1. The molecule has 1 N–H and O–H groups in total. The summed E-state index contributed by atoms with van der Waals surface area (Å²) in [6, 6.07) is 6.83. The first-order valence-corrected chi connectivity index (χ1v) is 6.61. The van der Waals surface area contributed by atoms with Crippen LogP contribution in [0, 0.1) is 0 Å². The summed E-state index contributed by atoms with van der Waals surface area (Å²) < 4.78 is 25.4. The van der Waals surface area contributed by atoms with E-state index in [0.717, 1.165) is 0 Å². The van der Waals surface area contributed by atoms with E-state index in [4.69, 9.17) is 0 Å². The Kier molecular flexibility index (Phi) is 4.48. The van der Waals surface area contributed by atoms with Crippen molar-refractivity contribution in [1.29, 1.82) is 0 Å². The van der Waals surface area contributed by atoms with E-state index in [1.165, 1.54) is 12.4 Å². The van der Waals surface area contributed by atoms with Gasteiger partial charge in [-0.05, 0) is 28.1 Å². The van der Waals surface area contributed by atoms with E-state index < -0.39 is 5.76 Å². The summed E-state index contributed by atoms with van der Waals surface area (Å²) in [4.78, 5) is 8.55. The van der Waals surface area contributed by atoms with Crippen molar-refractivity contribution in [1.82, 2.24) is 9.97 Å². The van der Waals surface area contributed by atoms with Crippen LogP contribution in [0.3, 0.4) is 0 Å². The molecule has 2 aromatic rings. The molecule has 0 saturated carbocycles. The van der Waals surface area contributed by atoms with E-state index in [2.05, 4.69) is 31.2 Å². The smallest absolute Gasteiger partial charge is 0.288 e. The Labute approximate surface area is 115 Å². The molecule has 0 saturated heterocycles. The predicted octanol–water partition coefficient (Wildman–Crippen LogP) is 4.30. The second kappa shape index (κ2) is 6.10. The number of aromatic nitrogens is 2. The number of halogens is 3. The summed E-state index contributed by atoms with van der Waals surface area (Å²) in [5.74, 6) is -1.95. The monoisotopic (exact) mass is 331 g/mol. The normalized spacial score (nSPS) is 10.7. The molecule has 0 bridgehead atoms. The topological polar surface area (TPSA) is 37.8 Å². The first-order valence-electron chi connectivity index (χ1n) is 4.93. The quantitative estimate of drug-likeness (QED) is 0.848. The fourth-order valence-electron chi connectivity index (χ4n) is 1.28. The van der Waals surface area contributed by atoms with E-state index in [1.54, 1.807) is 24.3 Å². The van der Waals surface area contributed by atoms with Gasteiger partial charge in [-0.3, -0.25) is 0 Å². The van der Waals surface area contributed by atoms with Crippen LogP contribution in [-0.4, -0.2) is 15.7 Å². The molecule has 18 heavy (non-hydrogen) atoms. The highest BCUT2D eigenvalue weighted by Crippen LogP contribution is 2.32. The number of para-hydroxylation sites is 1. The lowest BCUT2D eigenvalue weighted by Gasteiger charge is -2.10. The average Bonchev–Trinajstić information content (AvgIpc) is 2.34. The molecule has 0 fully saturated rings. The summed E-state index contributed by atoms with van der Waals surface area (Å²) >= 11 is 3.67. The molecular weight excluding hydrogens is 324 g/mol. The number of hydrogen-bond donors (Lipinski definition) is 1. The molecule has 0 unspecified atom stereocenters.